The molecule has 0 spiro atoms. The minimum absolute atomic E-state index is 0.186. The van der Waals surface area contributed by atoms with Gasteiger partial charge in [-0.15, -0.1) is 0 Å². The van der Waals surface area contributed by atoms with Crippen LogP contribution < -0.4 is 0 Å². The Bertz CT molecular complexity index is 446. The maximum atomic E-state index is 11.6. The molecule has 0 atom stereocenters. The third-order valence-electron chi connectivity index (χ3n) is 2.81. The molecular formula is C11H14O2S. The van der Waals surface area contributed by atoms with Gasteiger partial charge in [0.1, 0.15) is 0 Å². The van der Waals surface area contributed by atoms with E-state index in [1.807, 2.05) is 12.1 Å². The van der Waals surface area contributed by atoms with E-state index >= 15 is 0 Å². The van der Waals surface area contributed by atoms with Gasteiger partial charge in [0.05, 0.1) is 10.6 Å². The predicted octanol–water partition coefficient (Wildman–Crippen LogP) is 1.97. The van der Waals surface area contributed by atoms with Crippen LogP contribution in [0.2, 0.25) is 0 Å². The van der Waals surface area contributed by atoms with E-state index in [4.69, 9.17) is 0 Å². The number of rotatable bonds is 2. The molecule has 0 saturated heterocycles. The molecule has 2 nitrogen and oxygen atoms in total. The molecule has 0 unspecified atom stereocenters. The average molecular weight is 210 g/mol. The van der Waals surface area contributed by atoms with E-state index in [-0.39, 0.29) is 5.75 Å². The van der Waals surface area contributed by atoms with Gasteiger partial charge in [0, 0.05) is 0 Å². The van der Waals surface area contributed by atoms with E-state index in [9.17, 15) is 8.42 Å². The van der Waals surface area contributed by atoms with Gasteiger partial charge in [0.25, 0.3) is 0 Å². The van der Waals surface area contributed by atoms with Crippen molar-refractivity contribution in [3.63, 3.8) is 0 Å². The Balaban J connectivity index is 2.48. The number of hydrogen-bond donors (Lipinski definition) is 0. The SMILES string of the molecule is CCS(=O)(=O)c1ccc2c(c1)CCC2. The monoisotopic (exact) mass is 210 g/mol. The zero-order valence-electron chi connectivity index (χ0n) is 8.29. The summed E-state index contributed by atoms with van der Waals surface area (Å²) in [6, 6.07) is 5.55. The van der Waals surface area contributed by atoms with Crippen molar-refractivity contribution in [1.29, 1.82) is 0 Å². The van der Waals surface area contributed by atoms with Crippen molar-refractivity contribution in [3.8, 4) is 0 Å². The van der Waals surface area contributed by atoms with Crippen molar-refractivity contribution in [2.75, 3.05) is 5.75 Å². The molecule has 0 aromatic heterocycles. The Morgan fingerprint density at radius 3 is 2.64 bits per heavy atom. The van der Waals surface area contributed by atoms with Gasteiger partial charge in [-0.05, 0) is 42.5 Å². The summed E-state index contributed by atoms with van der Waals surface area (Å²) in [6.07, 6.45) is 3.29. The first-order chi connectivity index (χ1) is 6.63. The minimum Gasteiger partial charge on any atom is -0.224 e. The molecule has 0 N–H and O–H groups in total. The van der Waals surface area contributed by atoms with Crippen molar-refractivity contribution >= 4 is 9.84 Å². The third-order valence-corrected chi connectivity index (χ3v) is 4.54. The van der Waals surface area contributed by atoms with Crippen LogP contribution in [0.5, 0.6) is 0 Å². The van der Waals surface area contributed by atoms with Crippen LogP contribution in [0.4, 0.5) is 0 Å². The molecule has 0 aliphatic heterocycles. The van der Waals surface area contributed by atoms with Crippen LogP contribution in [0.1, 0.15) is 24.5 Å². The lowest BCUT2D eigenvalue weighted by Crippen LogP contribution is -2.04. The Kier molecular flexibility index (Phi) is 2.35. The smallest absolute Gasteiger partial charge is 0.178 e. The highest BCUT2D eigenvalue weighted by molar-refractivity contribution is 7.91. The van der Waals surface area contributed by atoms with Crippen LogP contribution in [0, 0.1) is 0 Å². The fourth-order valence-corrected chi connectivity index (χ4v) is 2.84. The maximum absolute atomic E-state index is 11.6. The van der Waals surface area contributed by atoms with Gasteiger partial charge >= 0.3 is 0 Å². The Morgan fingerprint density at radius 1 is 1.21 bits per heavy atom. The summed E-state index contributed by atoms with van der Waals surface area (Å²) in [4.78, 5) is 0.487. The van der Waals surface area contributed by atoms with Crippen molar-refractivity contribution < 1.29 is 8.42 Å². The first-order valence-electron chi connectivity index (χ1n) is 4.98. The van der Waals surface area contributed by atoms with Crippen molar-refractivity contribution in [3.05, 3.63) is 29.3 Å². The highest BCUT2D eigenvalue weighted by Crippen LogP contribution is 2.24. The molecule has 0 radical (unpaired) electrons. The molecule has 0 heterocycles. The van der Waals surface area contributed by atoms with Crippen LogP contribution in [0.25, 0.3) is 0 Å². The molecule has 0 amide bonds. The summed E-state index contributed by atoms with van der Waals surface area (Å²) in [5.74, 6) is 0.186. The van der Waals surface area contributed by atoms with Gasteiger partial charge in [-0.25, -0.2) is 8.42 Å². The molecule has 1 aromatic rings. The van der Waals surface area contributed by atoms with Crippen LogP contribution in [-0.2, 0) is 22.7 Å². The second kappa shape index (κ2) is 3.39. The molecule has 14 heavy (non-hydrogen) atoms. The molecule has 3 heteroatoms. The van der Waals surface area contributed by atoms with E-state index < -0.39 is 9.84 Å². The van der Waals surface area contributed by atoms with Crippen LogP contribution in [-0.4, -0.2) is 14.2 Å². The molecule has 0 bridgehead atoms. The first-order valence-corrected chi connectivity index (χ1v) is 6.63. The van der Waals surface area contributed by atoms with Gasteiger partial charge in [-0.2, -0.15) is 0 Å². The number of benzene rings is 1. The maximum Gasteiger partial charge on any atom is 0.178 e. The van der Waals surface area contributed by atoms with Gasteiger partial charge < -0.3 is 0 Å². The Labute approximate surface area is 84.9 Å². The van der Waals surface area contributed by atoms with Gasteiger partial charge in [0.2, 0.25) is 0 Å². The van der Waals surface area contributed by atoms with Crippen LogP contribution in [0.15, 0.2) is 23.1 Å². The molecule has 0 saturated carbocycles. The van der Waals surface area contributed by atoms with E-state index in [0.29, 0.717) is 4.90 Å². The molecule has 76 valence electrons. The Morgan fingerprint density at radius 2 is 1.93 bits per heavy atom. The second-order valence-electron chi connectivity index (χ2n) is 3.69. The molecule has 1 aliphatic rings. The lowest BCUT2D eigenvalue weighted by atomic mass is 10.1. The quantitative estimate of drug-likeness (QED) is 0.748. The number of aryl methyl sites for hydroxylation is 2. The predicted molar refractivity (Wildman–Crippen MR) is 56.2 cm³/mol. The molecule has 1 aromatic carbocycles. The largest absolute Gasteiger partial charge is 0.224 e. The topological polar surface area (TPSA) is 34.1 Å². The van der Waals surface area contributed by atoms with Crippen molar-refractivity contribution in [2.45, 2.75) is 31.1 Å². The van der Waals surface area contributed by atoms with Gasteiger partial charge in [-0.3, -0.25) is 0 Å². The highest BCUT2D eigenvalue weighted by Gasteiger charge is 2.16. The first kappa shape index (κ1) is 9.71. The summed E-state index contributed by atoms with van der Waals surface area (Å²) in [5.41, 5.74) is 2.54. The van der Waals surface area contributed by atoms with Crippen molar-refractivity contribution in [1.82, 2.24) is 0 Å². The molecule has 0 fully saturated rings. The molecular weight excluding hydrogens is 196 g/mol. The van der Waals surface area contributed by atoms with Crippen LogP contribution in [0.3, 0.4) is 0 Å². The number of hydrogen-bond acceptors (Lipinski definition) is 2. The van der Waals surface area contributed by atoms with E-state index in [2.05, 4.69) is 0 Å². The summed E-state index contributed by atoms with van der Waals surface area (Å²) in [5, 5.41) is 0. The summed E-state index contributed by atoms with van der Waals surface area (Å²) in [6.45, 7) is 1.68. The lowest BCUT2D eigenvalue weighted by molar-refractivity contribution is 0.597. The second-order valence-corrected chi connectivity index (χ2v) is 5.97. The molecule has 2 rings (SSSR count). The van der Waals surface area contributed by atoms with Gasteiger partial charge in [0.15, 0.2) is 9.84 Å². The lowest BCUT2D eigenvalue weighted by Gasteiger charge is -2.04. The standard InChI is InChI=1S/C11H14O2S/c1-2-14(12,13)11-7-6-9-4-3-5-10(9)8-11/h6-8H,2-5H2,1H3. The van der Waals surface area contributed by atoms with Crippen molar-refractivity contribution in [2.24, 2.45) is 0 Å². The average Bonchev–Trinajstić information content (AvgIpc) is 2.64. The van der Waals surface area contributed by atoms with Crippen LogP contribution >= 0.6 is 0 Å². The van der Waals surface area contributed by atoms with E-state index in [1.54, 1.807) is 13.0 Å². The zero-order chi connectivity index (χ0) is 10.2. The summed E-state index contributed by atoms with van der Waals surface area (Å²) < 4.78 is 23.2. The summed E-state index contributed by atoms with van der Waals surface area (Å²) in [7, 11) is -3.02. The fourth-order valence-electron chi connectivity index (χ4n) is 1.91. The highest BCUT2D eigenvalue weighted by atomic mass is 32.2. The summed E-state index contributed by atoms with van der Waals surface area (Å²) >= 11 is 0. The minimum atomic E-state index is -3.02. The number of fused-ring (bicyclic) bond motifs is 1. The number of sulfone groups is 1. The fraction of sp³-hybridized carbons (Fsp3) is 0.455. The van der Waals surface area contributed by atoms with E-state index in [0.717, 1.165) is 19.3 Å². The Hall–Kier alpha value is -0.830. The third kappa shape index (κ3) is 1.57. The zero-order valence-corrected chi connectivity index (χ0v) is 9.10. The normalized spacial score (nSPS) is 15.5. The molecule has 1 aliphatic carbocycles. The van der Waals surface area contributed by atoms with Gasteiger partial charge in [-0.1, -0.05) is 13.0 Å². The van der Waals surface area contributed by atoms with E-state index in [1.165, 1.54) is 11.1 Å².